The lowest BCUT2D eigenvalue weighted by Crippen LogP contribution is -2.34. The normalized spacial score (nSPS) is 11.8. The van der Waals surface area contributed by atoms with Crippen molar-refractivity contribution in [3.63, 3.8) is 0 Å². The average molecular weight is 477 g/mol. The molecule has 0 bridgehead atoms. The number of rotatable bonds is 8. The van der Waals surface area contributed by atoms with Crippen LogP contribution in [0.3, 0.4) is 0 Å². The van der Waals surface area contributed by atoms with Gasteiger partial charge in [0.15, 0.2) is 0 Å². The molecule has 0 aliphatic rings. The van der Waals surface area contributed by atoms with Crippen molar-refractivity contribution in [2.24, 2.45) is 0 Å². The van der Waals surface area contributed by atoms with Crippen molar-refractivity contribution in [1.29, 1.82) is 0 Å². The van der Waals surface area contributed by atoms with Crippen molar-refractivity contribution in [2.45, 2.75) is 31.7 Å². The van der Waals surface area contributed by atoms with E-state index in [0.29, 0.717) is 17.7 Å². The van der Waals surface area contributed by atoms with Crippen LogP contribution >= 0.6 is 0 Å². The van der Waals surface area contributed by atoms with Crippen LogP contribution in [0.15, 0.2) is 82.5 Å². The third-order valence-corrected chi connectivity index (χ3v) is 7.71. The predicted octanol–water partition coefficient (Wildman–Crippen LogP) is 4.59. The number of sulfonamides is 1. The number of nitrogens with one attached hydrogen (secondary N) is 1. The SMILES string of the molecule is COc1ccc(S(=O)(=O)N(CCc2cccc(C)c2)Cc2cc3cc(C)ccc3[nH]c2=O)cc1. The largest absolute Gasteiger partial charge is 0.497 e. The van der Waals surface area contributed by atoms with Crippen LogP contribution in [0.25, 0.3) is 10.9 Å². The maximum Gasteiger partial charge on any atom is 0.252 e. The highest BCUT2D eigenvalue weighted by Gasteiger charge is 2.26. The number of hydrogen-bond acceptors (Lipinski definition) is 4. The summed E-state index contributed by atoms with van der Waals surface area (Å²) in [4.78, 5) is 15.9. The highest BCUT2D eigenvalue weighted by atomic mass is 32.2. The summed E-state index contributed by atoms with van der Waals surface area (Å²) in [7, 11) is -2.32. The molecule has 0 saturated heterocycles. The average Bonchev–Trinajstić information content (AvgIpc) is 2.82. The third-order valence-electron chi connectivity index (χ3n) is 5.85. The van der Waals surface area contributed by atoms with Gasteiger partial charge in [-0.2, -0.15) is 4.31 Å². The number of fused-ring (bicyclic) bond motifs is 1. The van der Waals surface area contributed by atoms with Gasteiger partial charge >= 0.3 is 0 Å². The lowest BCUT2D eigenvalue weighted by molar-refractivity contribution is 0.406. The molecule has 1 heterocycles. The first-order valence-electron chi connectivity index (χ1n) is 11.1. The van der Waals surface area contributed by atoms with E-state index in [1.807, 2.05) is 56.3 Å². The van der Waals surface area contributed by atoms with Gasteiger partial charge < -0.3 is 9.72 Å². The lowest BCUT2D eigenvalue weighted by Gasteiger charge is -2.22. The number of nitrogens with zero attached hydrogens (tertiary/aromatic N) is 1. The summed E-state index contributed by atoms with van der Waals surface area (Å²) >= 11 is 0. The smallest absolute Gasteiger partial charge is 0.252 e. The molecule has 0 spiro atoms. The summed E-state index contributed by atoms with van der Waals surface area (Å²) in [5.74, 6) is 0.576. The number of H-pyrrole nitrogens is 1. The first kappa shape index (κ1) is 23.7. The molecule has 4 rings (SSSR count). The summed E-state index contributed by atoms with van der Waals surface area (Å²) in [5.41, 5.74) is 4.05. The molecule has 0 atom stereocenters. The van der Waals surface area contributed by atoms with Crippen molar-refractivity contribution >= 4 is 20.9 Å². The van der Waals surface area contributed by atoms with Gasteiger partial charge in [-0.3, -0.25) is 4.79 Å². The topological polar surface area (TPSA) is 79.5 Å². The van der Waals surface area contributed by atoms with Gasteiger partial charge in [-0.15, -0.1) is 0 Å². The molecule has 1 aromatic heterocycles. The molecule has 3 aromatic carbocycles. The molecule has 6 nitrogen and oxygen atoms in total. The number of methoxy groups -OCH3 is 1. The van der Waals surface area contributed by atoms with E-state index in [9.17, 15) is 13.2 Å². The Morgan fingerprint density at radius 2 is 1.65 bits per heavy atom. The molecular weight excluding hydrogens is 448 g/mol. The second-order valence-electron chi connectivity index (χ2n) is 8.47. The van der Waals surface area contributed by atoms with Crippen LogP contribution in [-0.4, -0.2) is 31.4 Å². The van der Waals surface area contributed by atoms with Crippen LogP contribution in [0.4, 0.5) is 0 Å². The second-order valence-corrected chi connectivity index (χ2v) is 10.4. The zero-order chi connectivity index (χ0) is 24.3. The van der Waals surface area contributed by atoms with E-state index in [1.165, 1.54) is 23.5 Å². The van der Waals surface area contributed by atoms with E-state index < -0.39 is 10.0 Å². The monoisotopic (exact) mass is 476 g/mol. The minimum absolute atomic E-state index is 0.0284. The van der Waals surface area contributed by atoms with Crippen molar-refractivity contribution < 1.29 is 13.2 Å². The zero-order valence-electron chi connectivity index (χ0n) is 19.5. The molecule has 0 unspecified atom stereocenters. The molecule has 176 valence electrons. The minimum Gasteiger partial charge on any atom is -0.497 e. The number of aromatic amines is 1. The van der Waals surface area contributed by atoms with Crippen molar-refractivity contribution in [3.8, 4) is 5.75 Å². The standard InChI is InChI=1S/C27H28N2O4S/c1-19-5-4-6-21(15-19)13-14-29(34(31,32)25-10-8-24(33-3)9-11-25)18-23-17-22-16-20(2)7-12-26(22)28-27(23)30/h4-12,15-17H,13-14,18H2,1-3H3,(H,28,30). The summed E-state index contributed by atoms with van der Waals surface area (Å²) in [6, 6.07) is 21.8. The van der Waals surface area contributed by atoms with Crippen molar-refractivity contribution in [3.05, 3.63) is 105 Å². The Labute approximate surface area is 199 Å². The Hall–Kier alpha value is -3.42. The molecule has 0 aliphatic carbocycles. The molecule has 0 amide bonds. The summed E-state index contributed by atoms with van der Waals surface area (Å²) in [6.07, 6.45) is 0.529. The van der Waals surface area contributed by atoms with Gasteiger partial charge in [-0.05, 0) is 73.7 Å². The van der Waals surface area contributed by atoms with E-state index in [4.69, 9.17) is 4.74 Å². The first-order chi connectivity index (χ1) is 16.3. The van der Waals surface area contributed by atoms with Crippen LogP contribution in [-0.2, 0) is 23.0 Å². The molecule has 4 aromatic rings. The number of hydrogen-bond donors (Lipinski definition) is 1. The van der Waals surface area contributed by atoms with Gasteiger partial charge in [0, 0.05) is 24.2 Å². The molecule has 7 heteroatoms. The predicted molar refractivity (Wildman–Crippen MR) is 135 cm³/mol. The van der Waals surface area contributed by atoms with Crippen molar-refractivity contribution in [1.82, 2.24) is 9.29 Å². The van der Waals surface area contributed by atoms with Gasteiger partial charge in [0.05, 0.1) is 12.0 Å². The van der Waals surface area contributed by atoms with E-state index in [2.05, 4.69) is 4.98 Å². The highest BCUT2D eigenvalue weighted by molar-refractivity contribution is 7.89. The van der Waals surface area contributed by atoms with Crippen LogP contribution in [0.1, 0.15) is 22.3 Å². The Kier molecular flexibility index (Phi) is 6.86. The molecule has 0 fully saturated rings. The molecule has 0 radical (unpaired) electrons. The van der Waals surface area contributed by atoms with Crippen LogP contribution in [0.5, 0.6) is 5.75 Å². The Morgan fingerprint density at radius 3 is 2.35 bits per heavy atom. The van der Waals surface area contributed by atoms with E-state index in [-0.39, 0.29) is 23.5 Å². The summed E-state index contributed by atoms with van der Waals surface area (Å²) in [5, 5.41) is 0.870. The maximum absolute atomic E-state index is 13.6. The Morgan fingerprint density at radius 1 is 0.912 bits per heavy atom. The number of aryl methyl sites for hydroxylation is 2. The maximum atomic E-state index is 13.6. The van der Waals surface area contributed by atoms with E-state index in [0.717, 1.165) is 27.6 Å². The van der Waals surface area contributed by atoms with Crippen molar-refractivity contribution in [2.75, 3.05) is 13.7 Å². The molecule has 0 saturated carbocycles. The van der Waals surface area contributed by atoms with E-state index in [1.54, 1.807) is 18.2 Å². The Bertz CT molecular complexity index is 1480. The van der Waals surface area contributed by atoms with Gasteiger partial charge in [0.1, 0.15) is 5.75 Å². The summed E-state index contributed by atoms with van der Waals surface area (Å²) in [6.45, 7) is 4.20. The molecular formula is C27H28N2O4S. The Balaban J connectivity index is 1.71. The lowest BCUT2D eigenvalue weighted by atomic mass is 10.1. The van der Waals surface area contributed by atoms with Crippen LogP contribution < -0.4 is 10.3 Å². The van der Waals surface area contributed by atoms with Gasteiger partial charge in [-0.1, -0.05) is 41.5 Å². The summed E-state index contributed by atoms with van der Waals surface area (Å²) < 4.78 is 33.8. The molecule has 1 N–H and O–H groups in total. The number of aromatic nitrogens is 1. The van der Waals surface area contributed by atoms with Gasteiger partial charge in [-0.25, -0.2) is 8.42 Å². The van der Waals surface area contributed by atoms with Crippen LogP contribution in [0, 0.1) is 13.8 Å². The van der Waals surface area contributed by atoms with Crippen LogP contribution in [0.2, 0.25) is 0 Å². The molecule has 34 heavy (non-hydrogen) atoms. The zero-order valence-corrected chi connectivity index (χ0v) is 20.4. The first-order valence-corrected chi connectivity index (χ1v) is 12.5. The van der Waals surface area contributed by atoms with Gasteiger partial charge in [0.25, 0.3) is 5.56 Å². The fraction of sp³-hybridized carbons (Fsp3) is 0.222. The fourth-order valence-electron chi connectivity index (χ4n) is 3.98. The third kappa shape index (κ3) is 5.21. The minimum atomic E-state index is -3.86. The quantitative estimate of drug-likeness (QED) is 0.404. The number of ether oxygens (including phenoxy) is 1. The second kappa shape index (κ2) is 9.83. The highest BCUT2D eigenvalue weighted by Crippen LogP contribution is 2.22. The number of benzene rings is 3. The fourth-order valence-corrected chi connectivity index (χ4v) is 5.40. The van der Waals surface area contributed by atoms with E-state index >= 15 is 0 Å². The molecule has 0 aliphatic heterocycles. The number of pyridine rings is 1. The van der Waals surface area contributed by atoms with Gasteiger partial charge in [0.2, 0.25) is 10.0 Å².